The minimum absolute atomic E-state index is 0.0821. The van der Waals surface area contributed by atoms with Crippen molar-refractivity contribution in [1.29, 1.82) is 0 Å². The molecule has 1 amide bonds. The van der Waals surface area contributed by atoms with Crippen LogP contribution in [0.1, 0.15) is 18.1 Å². The molecule has 0 spiro atoms. The van der Waals surface area contributed by atoms with Crippen molar-refractivity contribution in [2.24, 2.45) is 0 Å². The van der Waals surface area contributed by atoms with Crippen LogP contribution in [0.2, 0.25) is 0 Å². The number of carbonyl (C=O) groups excluding carboxylic acids is 1. The number of carbonyl (C=O) groups is 1. The van der Waals surface area contributed by atoms with Gasteiger partial charge in [0.2, 0.25) is 5.91 Å². The predicted octanol–water partition coefficient (Wildman–Crippen LogP) is 2.87. The van der Waals surface area contributed by atoms with Crippen LogP contribution < -0.4 is 10.5 Å². The molecule has 2 rings (SSSR count). The number of hydrogen-bond acceptors (Lipinski definition) is 3. The smallest absolute Gasteiger partial charge is 0.227 e. The molecule has 2 aromatic carbocycles. The Morgan fingerprint density at radius 2 is 1.64 bits per heavy atom. The van der Waals surface area contributed by atoms with E-state index in [1.807, 2.05) is 62.5 Å². The lowest BCUT2D eigenvalue weighted by atomic mass is 10.1. The maximum absolute atomic E-state index is 12.2. The molecule has 0 atom stereocenters. The second kappa shape index (κ2) is 7.50. The predicted molar refractivity (Wildman–Crippen MR) is 88.6 cm³/mol. The van der Waals surface area contributed by atoms with Crippen molar-refractivity contribution in [3.8, 4) is 5.75 Å². The number of nitrogens with zero attached hydrogens (tertiary/aromatic N) is 1. The monoisotopic (exact) mass is 298 g/mol. The molecule has 0 saturated heterocycles. The molecule has 0 radical (unpaired) electrons. The van der Waals surface area contributed by atoms with Gasteiger partial charge in [0.25, 0.3) is 0 Å². The van der Waals surface area contributed by atoms with Gasteiger partial charge in [-0.25, -0.2) is 0 Å². The number of anilines is 1. The summed E-state index contributed by atoms with van der Waals surface area (Å²) in [6.45, 7) is 3.19. The first-order valence-corrected chi connectivity index (χ1v) is 7.38. The minimum atomic E-state index is 0.0821. The van der Waals surface area contributed by atoms with Gasteiger partial charge in [-0.1, -0.05) is 24.3 Å². The van der Waals surface area contributed by atoms with Crippen LogP contribution in [0.15, 0.2) is 48.5 Å². The van der Waals surface area contributed by atoms with Crippen LogP contribution >= 0.6 is 0 Å². The van der Waals surface area contributed by atoms with Crippen LogP contribution in [-0.4, -0.2) is 24.5 Å². The summed E-state index contributed by atoms with van der Waals surface area (Å²) in [5.74, 6) is 0.931. The number of likely N-dealkylation sites (N-methyl/N-ethyl adjacent to an activating group) is 1. The third kappa shape index (κ3) is 4.52. The molecule has 2 aromatic rings. The summed E-state index contributed by atoms with van der Waals surface area (Å²) in [4.78, 5) is 14.0. The number of amides is 1. The van der Waals surface area contributed by atoms with Crippen LogP contribution in [-0.2, 0) is 17.8 Å². The molecule has 22 heavy (non-hydrogen) atoms. The van der Waals surface area contributed by atoms with Crippen molar-refractivity contribution in [3.05, 3.63) is 59.7 Å². The summed E-state index contributed by atoms with van der Waals surface area (Å²) in [5, 5.41) is 0. The Balaban J connectivity index is 1.91. The summed E-state index contributed by atoms with van der Waals surface area (Å²) in [6.07, 6.45) is 0.383. The third-order valence-electron chi connectivity index (χ3n) is 3.41. The highest BCUT2D eigenvalue weighted by Crippen LogP contribution is 2.14. The molecule has 0 heterocycles. The van der Waals surface area contributed by atoms with Gasteiger partial charge >= 0.3 is 0 Å². The van der Waals surface area contributed by atoms with Crippen molar-refractivity contribution >= 4 is 11.6 Å². The first-order valence-electron chi connectivity index (χ1n) is 7.38. The van der Waals surface area contributed by atoms with Crippen molar-refractivity contribution in [3.63, 3.8) is 0 Å². The van der Waals surface area contributed by atoms with Crippen molar-refractivity contribution in [2.45, 2.75) is 19.9 Å². The van der Waals surface area contributed by atoms with E-state index < -0.39 is 0 Å². The first-order chi connectivity index (χ1) is 10.6. The Bertz CT molecular complexity index is 606. The van der Waals surface area contributed by atoms with Gasteiger partial charge in [-0.05, 0) is 42.3 Å². The van der Waals surface area contributed by atoms with Gasteiger partial charge in [0.15, 0.2) is 0 Å². The number of nitrogen functional groups attached to an aromatic ring is 1. The summed E-state index contributed by atoms with van der Waals surface area (Å²) in [7, 11) is 1.82. The molecule has 0 aliphatic carbocycles. The molecule has 0 aliphatic heterocycles. The summed E-state index contributed by atoms with van der Waals surface area (Å²) < 4.78 is 5.41. The molecule has 0 fully saturated rings. The summed E-state index contributed by atoms with van der Waals surface area (Å²) in [5.41, 5.74) is 8.41. The molecule has 0 unspecified atom stereocenters. The quantitative estimate of drug-likeness (QED) is 0.834. The maximum Gasteiger partial charge on any atom is 0.227 e. The number of ether oxygens (including phenoxy) is 1. The summed E-state index contributed by atoms with van der Waals surface area (Å²) >= 11 is 0. The number of nitrogens with two attached hydrogens (primary N) is 1. The maximum atomic E-state index is 12.2. The molecule has 116 valence electrons. The van der Waals surface area contributed by atoms with Gasteiger partial charge in [0.05, 0.1) is 13.0 Å². The molecule has 0 aromatic heterocycles. The molecule has 0 aliphatic rings. The lowest BCUT2D eigenvalue weighted by Crippen LogP contribution is -2.27. The Hall–Kier alpha value is -2.49. The van der Waals surface area contributed by atoms with Crippen LogP contribution in [0.25, 0.3) is 0 Å². The van der Waals surface area contributed by atoms with E-state index in [4.69, 9.17) is 10.5 Å². The lowest BCUT2D eigenvalue weighted by Gasteiger charge is -2.17. The van der Waals surface area contributed by atoms with Crippen LogP contribution in [0, 0.1) is 0 Å². The molecular weight excluding hydrogens is 276 g/mol. The van der Waals surface area contributed by atoms with E-state index in [2.05, 4.69) is 0 Å². The Morgan fingerprint density at radius 1 is 1.05 bits per heavy atom. The largest absolute Gasteiger partial charge is 0.494 e. The highest BCUT2D eigenvalue weighted by molar-refractivity contribution is 5.78. The summed E-state index contributed by atoms with van der Waals surface area (Å²) in [6, 6.07) is 15.2. The number of hydrogen-bond donors (Lipinski definition) is 1. The van der Waals surface area contributed by atoms with Crippen LogP contribution in [0.3, 0.4) is 0 Å². The molecule has 0 saturated carbocycles. The van der Waals surface area contributed by atoms with E-state index in [0.29, 0.717) is 25.3 Å². The van der Waals surface area contributed by atoms with Gasteiger partial charge in [-0.15, -0.1) is 0 Å². The Kier molecular flexibility index (Phi) is 5.42. The molecule has 4 heteroatoms. The van der Waals surface area contributed by atoms with Crippen molar-refractivity contribution in [1.82, 2.24) is 4.90 Å². The molecule has 4 nitrogen and oxygen atoms in total. The van der Waals surface area contributed by atoms with E-state index in [1.165, 1.54) is 0 Å². The normalized spacial score (nSPS) is 10.3. The first kappa shape index (κ1) is 15.9. The van der Waals surface area contributed by atoms with E-state index in [1.54, 1.807) is 4.90 Å². The average molecular weight is 298 g/mol. The highest BCUT2D eigenvalue weighted by Gasteiger charge is 2.10. The van der Waals surface area contributed by atoms with E-state index in [0.717, 1.165) is 16.9 Å². The topological polar surface area (TPSA) is 55.6 Å². The molecular formula is C18H22N2O2. The van der Waals surface area contributed by atoms with Crippen molar-refractivity contribution in [2.75, 3.05) is 19.4 Å². The fourth-order valence-electron chi connectivity index (χ4n) is 2.16. The van der Waals surface area contributed by atoms with E-state index in [9.17, 15) is 4.79 Å². The Morgan fingerprint density at radius 3 is 2.23 bits per heavy atom. The minimum Gasteiger partial charge on any atom is -0.494 e. The SMILES string of the molecule is CCOc1ccc(CN(C)C(=O)Cc2ccc(N)cc2)cc1. The second-order valence-electron chi connectivity index (χ2n) is 5.25. The van der Waals surface area contributed by atoms with Crippen LogP contribution in [0.5, 0.6) is 5.75 Å². The number of rotatable bonds is 6. The van der Waals surface area contributed by atoms with Gasteiger partial charge in [-0.2, -0.15) is 0 Å². The van der Waals surface area contributed by atoms with Gasteiger partial charge in [0.1, 0.15) is 5.75 Å². The number of benzene rings is 2. The van der Waals surface area contributed by atoms with Gasteiger partial charge in [0, 0.05) is 19.3 Å². The fourth-order valence-corrected chi connectivity index (χ4v) is 2.16. The lowest BCUT2D eigenvalue weighted by molar-refractivity contribution is -0.129. The standard InChI is InChI=1S/C18H22N2O2/c1-3-22-17-10-6-15(7-11-17)13-20(2)18(21)12-14-4-8-16(19)9-5-14/h4-11H,3,12-13,19H2,1-2H3. The third-order valence-corrected chi connectivity index (χ3v) is 3.41. The van der Waals surface area contributed by atoms with Crippen molar-refractivity contribution < 1.29 is 9.53 Å². The Labute approximate surface area is 131 Å². The molecule has 2 N–H and O–H groups in total. The zero-order valence-corrected chi connectivity index (χ0v) is 13.1. The zero-order valence-electron chi connectivity index (χ0n) is 13.1. The van der Waals surface area contributed by atoms with Gasteiger partial charge < -0.3 is 15.4 Å². The molecule has 0 bridgehead atoms. The fraction of sp³-hybridized carbons (Fsp3) is 0.278. The highest BCUT2D eigenvalue weighted by atomic mass is 16.5. The average Bonchev–Trinajstić information content (AvgIpc) is 2.51. The van der Waals surface area contributed by atoms with Gasteiger partial charge in [-0.3, -0.25) is 4.79 Å². The zero-order chi connectivity index (χ0) is 15.9. The van der Waals surface area contributed by atoms with E-state index >= 15 is 0 Å². The van der Waals surface area contributed by atoms with Crippen LogP contribution in [0.4, 0.5) is 5.69 Å². The van der Waals surface area contributed by atoms with E-state index in [-0.39, 0.29) is 5.91 Å². The second-order valence-corrected chi connectivity index (χ2v) is 5.25.